The van der Waals surface area contributed by atoms with Gasteiger partial charge in [-0.25, -0.2) is 8.42 Å². The van der Waals surface area contributed by atoms with E-state index in [4.69, 9.17) is 5.11 Å². The molecule has 0 bridgehead atoms. The van der Waals surface area contributed by atoms with Gasteiger partial charge in [0.25, 0.3) is 0 Å². The van der Waals surface area contributed by atoms with Gasteiger partial charge in [0.2, 0.25) is 10.0 Å². The molecule has 1 N–H and O–H groups in total. The predicted molar refractivity (Wildman–Crippen MR) is 79.4 cm³/mol. The summed E-state index contributed by atoms with van der Waals surface area (Å²) in [6.07, 6.45) is 5.62. The highest BCUT2D eigenvalue weighted by Crippen LogP contribution is 2.19. The first-order valence-electron chi connectivity index (χ1n) is 7.25. The summed E-state index contributed by atoms with van der Waals surface area (Å²) < 4.78 is 28.0. The van der Waals surface area contributed by atoms with Gasteiger partial charge in [-0.3, -0.25) is 4.68 Å². The van der Waals surface area contributed by atoms with Gasteiger partial charge in [-0.1, -0.05) is 0 Å². The zero-order valence-corrected chi connectivity index (χ0v) is 13.5. The van der Waals surface area contributed by atoms with Gasteiger partial charge in [-0.05, 0) is 32.9 Å². The summed E-state index contributed by atoms with van der Waals surface area (Å²) in [5.41, 5.74) is 0. The molecule has 1 unspecified atom stereocenters. The van der Waals surface area contributed by atoms with E-state index in [0.29, 0.717) is 19.5 Å². The number of hydrogen-bond acceptors (Lipinski definition) is 5. The summed E-state index contributed by atoms with van der Waals surface area (Å²) in [6.45, 7) is 2.11. The first kappa shape index (κ1) is 16.4. The smallest absolute Gasteiger partial charge is 0.245 e. The number of aliphatic hydroxyl groups excluding tert-OH is 1. The van der Waals surface area contributed by atoms with Gasteiger partial charge in [0.1, 0.15) is 4.90 Å². The molecule has 1 aromatic rings. The maximum Gasteiger partial charge on any atom is 0.245 e. The first-order valence-corrected chi connectivity index (χ1v) is 8.69. The first-order chi connectivity index (χ1) is 9.95. The van der Waals surface area contributed by atoms with E-state index in [1.54, 1.807) is 11.7 Å². The van der Waals surface area contributed by atoms with E-state index in [1.807, 2.05) is 7.05 Å². The van der Waals surface area contributed by atoms with E-state index < -0.39 is 10.0 Å². The van der Waals surface area contributed by atoms with Crippen molar-refractivity contribution in [1.29, 1.82) is 0 Å². The van der Waals surface area contributed by atoms with Gasteiger partial charge >= 0.3 is 0 Å². The number of likely N-dealkylation sites (N-methyl/N-ethyl adjacent to an activating group) is 2. The third kappa shape index (κ3) is 3.82. The number of aryl methyl sites for hydroxylation is 1. The zero-order chi connectivity index (χ0) is 15.5. The lowest BCUT2D eigenvalue weighted by molar-refractivity contribution is 0.271. The van der Waals surface area contributed by atoms with Crippen LogP contribution in [0.15, 0.2) is 17.3 Å². The molecule has 0 aromatic carbocycles. The van der Waals surface area contributed by atoms with Gasteiger partial charge in [-0.2, -0.15) is 9.40 Å². The van der Waals surface area contributed by atoms with Crippen molar-refractivity contribution in [2.75, 3.05) is 33.8 Å². The average Bonchev–Trinajstić information content (AvgIpc) is 3.06. The van der Waals surface area contributed by atoms with Crippen molar-refractivity contribution in [2.24, 2.45) is 0 Å². The molecule has 21 heavy (non-hydrogen) atoms. The molecule has 0 amide bonds. The number of nitrogens with zero attached hydrogens (tertiary/aromatic N) is 4. The van der Waals surface area contributed by atoms with E-state index >= 15 is 0 Å². The third-order valence-corrected chi connectivity index (χ3v) is 5.78. The Kier molecular flexibility index (Phi) is 5.37. The van der Waals surface area contributed by atoms with Gasteiger partial charge in [0, 0.05) is 39.0 Å². The van der Waals surface area contributed by atoms with Gasteiger partial charge < -0.3 is 10.0 Å². The van der Waals surface area contributed by atoms with Crippen molar-refractivity contribution in [3.63, 3.8) is 0 Å². The summed E-state index contributed by atoms with van der Waals surface area (Å²) in [4.78, 5) is 2.42. The minimum absolute atomic E-state index is 0.0653. The number of aromatic nitrogens is 2. The highest BCUT2D eigenvalue weighted by atomic mass is 32.2. The third-order valence-electron chi connectivity index (χ3n) is 4.00. The van der Waals surface area contributed by atoms with Crippen LogP contribution in [0, 0.1) is 0 Å². The SMILES string of the molecule is CN1CCCC1CN(C)S(=O)(=O)c1cnn(CCCO)c1. The number of aliphatic hydroxyl groups is 1. The quantitative estimate of drug-likeness (QED) is 0.765. The Hall–Kier alpha value is -0.960. The summed E-state index contributed by atoms with van der Waals surface area (Å²) in [5, 5.41) is 12.8. The molecule has 0 radical (unpaired) electrons. The molecular formula is C13H24N4O3S. The summed E-state index contributed by atoms with van der Waals surface area (Å²) >= 11 is 0. The second-order valence-electron chi connectivity index (χ2n) is 5.58. The molecule has 8 heteroatoms. The fourth-order valence-electron chi connectivity index (χ4n) is 2.62. The summed E-state index contributed by atoms with van der Waals surface area (Å²) in [7, 11) is 0.157. The van der Waals surface area contributed by atoms with E-state index in [-0.39, 0.29) is 17.5 Å². The van der Waals surface area contributed by atoms with Gasteiger partial charge in [-0.15, -0.1) is 0 Å². The van der Waals surface area contributed by atoms with Crippen molar-refractivity contribution in [1.82, 2.24) is 19.0 Å². The number of sulfonamides is 1. The second kappa shape index (κ2) is 6.87. The predicted octanol–water partition coefficient (Wildman–Crippen LogP) is -0.0198. The van der Waals surface area contributed by atoms with Crippen LogP contribution in [0.25, 0.3) is 0 Å². The summed E-state index contributed by atoms with van der Waals surface area (Å²) in [5.74, 6) is 0. The van der Waals surface area contributed by atoms with Crippen LogP contribution in [0.2, 0.25) is 0 Å². The van der Waals surface area contributed by atoms with Crippen LogP contribution in [-0.2, 0) is 16.6 Å². The monoisotopic (exact) mass is 316 g/mol. The van der Waals surface area contributed by atoms with Crippen LogP contribution in [0.4, 0.5) is 0 Å². The van der Waals surface area contributed by atoms with Gasteiger partial charge in [0.05, 0.1) is 6.20 Å². The fourth-order valence-corrected chi connectivity index (χ4v) is 3.78. The number of rotatable bonds is 7. The Balaban J connectivity index is 2.04. The zero-order valence-electron chi connectivity index (χ0n) is 12.6. The molecule has 1 aliphatic heterocycles. The lowest BCUT2D eigenvalue weighted by Crippen LogP contribution is -2.39. The maximum atomic E-state index is 12.5. The molecule has 0 aliphatic carbocycles. The maximum absolute atomic E-state index is 12.5. The van der Waals surface area contributed by atoms with Crippen LogP contribution in [0.1, 0.15) is 19.3 Å². The molecule has 2 rings (SSSR count). The summed E-state index contributed by atoms with van der Waals surface area (Å²) in [6, 6.07) is 0.286. The molecule has 7 nitrogen and oxygen atoms in total. The molecule has 1 aromatic heterocycles. The van der Waals surface area contributed by atoms with Gasteiger partial charge in [0.15, 0.2) is 0 Å². The molecule has 120 valence electrons. The van der Waals surface area contributed by atoms with E-state index in [9.17, 15) is 8.42 Å². The highest BCUT2D eigenvalue weighted by molar-refractivity contribution is 7.89. The van der Waals surface area contributed by atoms with Crippen molar-refractivity contribution < 1.29 is 13.5 Å². The second-order valence-corrected chi connectivity index (χ2v) is 7.62. The lowest BCUT2D eigenvalue weighted by atomic mass is 10.2. The molecule has 1 fully saturated rings. The van der Waals surface area contributed by atoms with Crippen LogP contribution in [0.3, 0.4) is 0 Å². The largest absolute Gasteiger partial charge is 0.396 e. The van der Waals surface area contributed by atoms with Crippen LogP contribution < -0.4 is 0 Å². The number of likely N-dealkylation sites (tertiary alicyclic amines) is 1. The minimum atomic E-state index is -3.49. The molecule has 1 aliphatic rings. The molecule has 0 spiro atoms. The van der Waals surface area contributed by atoms with Crippen molar-refractivity contribution in [2.45, 2.75) is 36.7 Å². The normalized spacial score (nSPS) is 20.5. The highest BCUT2D eigenvalue weighted by Gasteiger charge is 2.28. The van der Waals surface area contributed by atoms with E-state index in [2.05, 4.69) is 10.00 Å². The molecule has 1 atom stereocenters. The Labute approximate surface area is 126 Å². The molecular weight excluding hydrogens is 292 g/mol. The Bertz CT molecular complexity index is 558. The van der Waals surface area contributed by atoms with Crippen LogP contribution in [0.5, 0.6) is 0 Å². The fraction of sp³-hybridized carbons (Fsp3) is 0.769. The van der Waals surface area contributed by atoms with Crippen LogP contribution >= 0.6 is 0 Å². The van der Waals surface area contributed by atoms with E-state index in [1.165, 1.54) is 16.7 Å². The van der Waals surface area contributed by atoms with Crippen molar-refractivity contribution in [3.8, 4) is 0 Å². The standard InChI is InChI=1S/C13H24N4O3S/c1-15-6-3-5-12(15)10-16(2)21(19,20)13-9-14-17(11-13)7-4-8-18/h9,11-12,18H,3-8,10H2,1-2H3. The van der Waals surface area contributed by atoms with Crippen molar-refractivity contribution >= 4 is 10.0 Å². The van der Waals surface area contributed by atoms with Crippen molar-refractivity contribution in [3.05, 3.63) is 12.4 Å². The molecule has 0 saturated carbocycles. The topological polar surface area (TPSA) is 78.7 Å². The Morgan fingerprint density at radius 1 is 1.52 bits per heavy atom. The number of hydrogen-bond donors (Lipinski definition) is 1. The Morgan fingerprint density at radius 3 is 2.90 bits per heavy atom. The Morgan fingerprint density at radius 2 is 2.29 bits per heavy atom. The average molecular weight is 316 g/mol. The molecule has 1 saturated heterocycles. The minimum Gasteiger partial charge on any atom is -0.396 e. The van der Waals surface area contributed by atoms with Crippen LogP contribution in [-0.4, -0.2) is 72.3 Å². The lowest BCUT2D eigenvalue weighted by Gasteiger charge is -2.24. The van der Waals surface area contributed by atoms with E-state index in [0.717, 1.165) is 19.4 Å². The molecule has 2 heterocycles.